The van der Waals surface area contributed by atoms with Crippen LogP contribution in [0.5, 0.6) is 5.75 Å². The van der Waals surface area contributed by atoms with Crippen LogP contribution in [-0.4, -0.2) is 31.1 Å². The number of methoxy groups -OCH3 is 2. The van der Waals surface area contributed by atoms with Gasteiger partial charge in [-0.2, -0.15) is 13.2 Å². The molecule has 0 aromatic heterocycles. The molecule has 0 radical (unpaired) electrons. The summed E-state index contributed by atoms with van der Waals surface area (Å²) in [5, 5.41) is 15.6. The van der Waals surface area contributed by atoms with Crippen LogP contribution in [0.4, 0.5) is 35.0 Å². The van der Waals surface area contributed by atoms with E-state index in [-0.39, 0.29) is 17.1 Å². The zero-order valence-corrected chi connectivity index (χ0v) is 15.0. The molecule has 0 saturated heterocycles. The Hall–Kier alpha value is -3.83. The van der Waals surface area contributed by atoms with E-state index in [0.717, 1.165) is 37.4 Å². The van der Waals surface area contributed by atoms with E-state index < -0.39 is 39.9 Å². The summed E-state index contributed by atoms with van der Waals surface area (Å²) >= 11 is 0. The summed E-state index contributed by atoms with van der Waals surface area (Å²) in [6, 6.07) is 4.83. The van der Waals surface area contributed by atoms with Crippen molar-refractivity contribution < 1.29 is 37.2 Å². The first-order valence-corrected chi connectivity index (χ1v) is 7.76. The Morgan fingerprint density at radius 1 is 1.10 bits per heavy atom. The molecule has 2 aromatic carbocycles. The minimum absolute atomic E-state index is 0.136. The van der Waals surface area contributed by atoms with Gasteiger partial charge in [0.05, 0.1) is 36.5 Å². The fourth-order valence-corrected chi connectivity index (χ4v) is 2.32. The summed E-state index contributed by atoms with van der Waals surface area (Å²) in [6.45, 7) is 0. The van der Waals surface area contributed by atoms with Gasteiger partial charge in [-0.25, -0.2) is 9.59 Å². The molecule has 2 rings (SSSR count). The topological polar surface area (TPSA) is 120 Å². The third kappa shape index (κ3) is 5.12. The van der Waals surface area contributed by atoms with Crippen molar-refractivity contribution in [3.8, 4) is 5.75 Å². The fraction of sp³-hybridized carbons (Fsp3) is 0.176. The smallest absolute Gasteiger partial charge is 0.416 e. The van der Waals surface area contributed by atoms with E-state index in [1.54, 1.807) is 0 Å². The predicted molar refractivity (Wildman–Crippen MR) is 95.1 cm³/mol. The van der Waals surface area contributed by atoms with Crippen molar-refractivity contribution in [2.75, 3.05) is 24.9 Å². The molecule has 0 bridgehead atoms. The maximum atomic E-state index is 12.8. The number of rotatable bonds is 5. The van der Waals surface area contributed by atoms with E-state index in [0.29, 0.717) is 0 Å². The molecular formula is C17H14F3N3O6. The average molecular weight is 413 g/mol. The number of halogens is 3. The van der Waals surface area contributed by atoms with E-state index in [1.807, 2.05) is 0 Å². The molecule has 2 amide bonds. The zero-order valence-electron chi connectivity index (χ0n) is 15.0. The lowest BCUT2D eigenvalue weighted by Crippen LogP contribution is -2.21. The molecule has 0 unspecified atom stereocenters. The number of carbonyl (C=O) groups is 2. The molecular weight excluding hydrogens is 399 g/mol. The van der Waals surface area contributed by atoms with E-state index in [2.05, 4.69) is 15.4 Å². The Morgan fingerprint density at radius 3 is 2.34 bits per heavy atom. The molecule has 0 fully saturated rings. The highest BCUT2D eigenvalue weighted by Gasteiger charge is 2.30. The number of carbonyl (C=O) groups excluding carboxylic acids is 2. The minimum Gasteiger partial charge on any atom is -0.494 e. The normalized spacial score (nSPS) is 10.8. The monoisotopic (exact) mass is 413 g/mol. The SMILES string of the molecule is COC(=O)c1cc(NC(=O)Nc2cccc(C(F)(F)F)c2)c(OC)cc1[N+](=O)[O-]. The van der Waals surface area contributed by atoms with Crippen molar-refractivity contribution >= 4 is 29.1 Å². The first kappa shape index (κ1) is 21.5. The number of alkyl halides is 3. The molecule has 0 saturated carbocycles. The number of ether oxygens (including phenoxy) is 2. The Kier molecular flexibility index (Phi) is 6.26. The van der Waals surface area contributed by atoms with Crippen LogP contribution >= 0.6 is 0 Å². The van der Waals surface area contributed by atoms with Crippen LogP contribution in [0.2, 0.25) is 0 Å². The van der Waals surface area contributed by atoms with Gasteiger partial charge in [-0.05, 0) is 24.3 Å². The number of amides is 2. The standard InChI is InChI=1S/C17H14F3N3O6/c1-28-14-8-13(23(26)27)11(15(24)29-2)7-12(14)22-16(25)21-10-5-3-4-9(6-10)17(18,19)20/h3-8H,1-2H3,(H2,21,22,25). The first-order chi connectivity index (χ1) is 13.6. The lowest BCUT2D eigenvalue weighted by Gasteiger charge is -2.13. The summed E-state index contributed by atoms with van der Waals surface area (Å²) in [6.07, 6.45) is -4.59. The molecule has 9 nitrogen and oxygen atoms in total. The lowest BCUT2D eigenvalue weighted by molar-refractivity contribution is -0.385. The summed E-state index contributed by atoms with van der Waals surface area (Å²) in [7, 11) is 2.19. The van der Waals surface area contributed by atoms with Crippen LogP contribution in [0, 0.1) is 10.1 Å². The van der Waals surface area contributed by atoms with Crippen molar-refractivity contribution in [3.63, 3.8) is 0 Å². The van der Waals surface area contributed by atoms with E-state index in [4.69, 9.17) is 4.74 Å². The number of anilines is 2. The quantitative estimate of drug-likeness (QED) is 0.433. The molecule has 154 valence electrons. The van der Waals surface area contributed by atoms with Gasteiger partial charge in [0.25, 0.3) is 5.69 Å². The molecule has 2 aromatic rings. The average Bonchev–Trinajstić information content (AvgIpc) is 2.66. The van der Waals surface area contributed by atoms with Crippen LogP contribution in [0.1, 0.15) is 15.9 Å². The van der Waals surface area contributed by atoms with Gasteiger partial charge in [-0.3, -0.25) is 10.1 Å². The van der Waals surface area contributed by atoms with E-state index >= 15 is 0 Å². The molecule has 0 spiro atoms. The minimum atomic E-state index is -4.59. The number of hydrogen-bond acceptors (Lipinski definition) is 6. The van der Waals surface area contributed by atoms with Crippen molar-refractivity contribution in [1.29, 1.82) is 0 Å². The molecule has 0 aliphatic rings. The summed E-state index contributed by atoms with van der Waals surface area (Å²) in [5.41, 5.74) is -2.31. The van der Waals surface area contributed by atoms with Gasteiger partial charge in [-0.1, -0.05) is 6.07 Å². The number of nitrogens with zero attached hydrogens (tertiary/aromatic N) is 1. The molecule has 0 aliphatic heterocycles. The van der Waals surface area contributed by atoms with Gasteiger partial charge in [-0.15, -0.1) is 0 Å². The highest BCUT2D eigenvalue weighted by molar-refractivity contribution is 6.03. The summed E-state index contributed by atoms with van der Waals surface area (Å²) in [4.78, 5) is 34.3. The first-order valence-electron chi connectivity index (χ1n) is 7.76. The highest BCUT2D eigenvalue weighted by Crippen LogP contribution is 2.34. The molecule has 29 heavy (non-hydrogen) atoms. The summed E-state index contributed by atoms with van der Waals surface area (Å²) in [5.74, 6) is -1.18. The van der Waals surface area contributed by atoms with Crippen LogP contribution < -0.4 is 15.4 Å². The van der Waals surface area contributed by atoms with Crippen LogP contribution in [0.3, 0.4) is 0 Å². The largest absolute Gasteiger partial charge is 0.494 e. The van der Waals surface area contributed by atoms with E-state index in [9.17, 15) is 32.9 Å². The number of nitro groups is 1. The number of esters is 1. The van der Waals surface area contributed by atoms with Gasteiger partial charge < -0.3 is 20.1 Å². The van der Waals surface area contributed by atoms with Crippen molar-refractivity contribution in [1.82, 2.24) is 0 Å². The van der Waals surface area contributed by atoms with Crippen LogP contribution in [-0.2, 0) is 10.9 Å². The second-order valence-electron chi connectivity index (χ2n) is 5.48. The highest BCUT2D eigenvalue weighted by atomic mass is 19.4. The van der Waals surface area contributed by atoms with Gasteiger partial charge >= 0.3 is 18.2 Å². The van der Waals surface area contributed by atoms with Gasteiger partial charge in [0.1, 0.15) is 11.3 Å². The number of nitrogens with one attached hydrogen (secondary N) is 2. The van der Waals surface area contributed by atoms with Gasteiger partial charge in [0, 0.05) is 5.69 Å². The van der Waals surface area contributed by atoms with Crippen molar-refractivity contribution in [2.24, 2.45) is 0 Å². The Balaban J connectivity index is 2.32. The van der Waals surface area contributed by atoms with E-state index in [1.165, 1.54) is 13.2 Å². The van der Waals surface area contributed by atoms with Gasteiger partial charge in [0.2, 0.25) is 0 Å². The third-order valence-electron chi connectivity index (χ3n) is 3.62. The predicted octanol–water partition coefficient (Wildman–Crippen LogP) is 4.05. The molecule has 0 atom stereocenters. The van der Waals surface area contributed by atoms with Gasteiger partial charge in [0.15, 0.2) is 0 Å². The van der Waals surface area contributed by atoms with Crippen molar-refractivity contribution in [2.45, 2.75) is 6.18 Å². The molecule has 0 heterocycles. The Bertz CT molecular complexity index is 962. The number of benzene rings is 2. The van der Waals surface area contributed by atoms with Crippen LogP contribution in [0.25, 0.3) is 0 Å². The maximum Gasteiger partial charge on any atom is 0.416 e. The third-order valence-corrected chi connectivity index (χ3v) is 3.62. The number of hydrogen-bond donors (Lipinski definition) is 2. The molecule has 0 aliphatic carbocycles. The van der Waals surface area contributed by atoms with Crippen LogP contribution in [0.15, 0.2) is 36.4 Å². The molecule has 2 N–H and O–H groups in total. The lowest BCUT2D eigenvalue weighted by atomic mass is 10.1. The summed E-state index contributed by atoms with van der Waals surface area (Å²) < 4.78 is 47.7. The second-order valence-corrected chi connectivity index (χ2v) is 5.48. The maximum absolute atomic E-state index is 12.8. The number of nitro benzene ring substituents is 1. The number of urea groups is 1. The van der Waals surface area contributed by atoms with Crippen molar-refractivity contribution in [3.05, 3.63) is 57.6 Å². The fourth-order valence-electron chi connectivity index (χ4n) is 2.32. The Morgan fingerprint density at radius 2 is 1.79 bits per heavy atom. The Labute approximate surface area is 161 Å². The second kappa shape index (κ2) is 8.46. The molecule has 12 heteroatoms. The zero-order chi connectivity index (χ0) is 21.8.